The molecular weight excluding hydrogens is 207 g/mol. The lowest BCUT2D eigenvalue weighted by Gasteiger charge is -2.17. The first-order chi connectivity index (χ1) is 6.86. The Morgan fingerprint density at radius 2 is 1.93 bits per heavy atom. The standard InChI is InChI=1S/C10H12F3NO/c1-6-3-4-7(5-8(6)15-2)9(14)10(11,12)13/h3-5,9H,14H2,1-2H3/t9-/m1/s1. The highest BCUT2D eigenvalue weighted by Crippen LogP contribution is 2.32. The van der Waals surface area contributed by atoms with Gasteiger partial charge < -0.3 is 10.5 Å². The van der Waals surface area contributed by atoms with Crippen LogP contribution in [0.5, 0.6) is 5.75 Å². The van der Waals surface area contributed by atoms with Gasteiger partial charge in [-0.15, -0.1) is 0 Å². The maximum atomic E-state index is 12.3. The van der Waals surface area contributed by atoms with Gasteiger partial charge in [0.05, 0.1) is 7.11 Å². The van der Waals surface area contributed by atoms with Gasteiger partial charge in [0.1, 0.15) is 11.8 Å². The number of rotatable bonds is 2. The fraction of sp³-hybridized carbons (Fsp3) is 0.400. The zero-order valence-electron chi connectivity index (χ0n) is 8.43. The third-order valence-corrected chi connectivity index (χ3v) is 2.14. The Labute approximate surface area is 85.8 Å². The van der Waals surface area contributed by atoms with Crippen LogP contribution in [0.15, 0.2) is 18.2 Å². The summed E-state index contributed by atoms with van der Waals surface area (Å²) in [4.78, 5) is 0. The molecular formula is C10H12F3NO. The molecule has 1 atom stereocenters. The molecule has 2 nitrogen and oxygen atoms in total. The summed E-state index contributed by atoms with van der Waals surface area (Å²) >= 11 is 0. The second kappa shape index (κ2) is 4.10. The summed E-state index contributed by atoms with van der Waals surface area (Å²) < 4.78 is 41.8. The average molecular weight is 219 g/mol. The lowest BCUT2D eigenvalue weighted by Crippen LogP contribution is -2.28. The molecule has 1 rings (SSSR count). The maximum absolute atomic E-state index is 12.3. The highest BCUT2D eigenvalue weighted by molar-refractivity contribution is 5.38. The molecule has 1 aromatic rings. The van der Waals surface area contributed by atoms with Crippen LogP contribution < -0.4 is 10.5 Å². The molecule has 5 heteroatoms. The second-order valence-electron chi connectivity index (χ2n) is 3.25. The minimum absolute atomic E-state index is 0.00458. The molecule has 0 bridgehead atoms. The number of ether oxygens (including phenoxy) is 1. The fourth-order valence-electron chi connectivity index (χ4n) is 1.22. The van der Waals surface area contributed by atoms with E-state index in [1.165, 1.54) is 19.2 Å². The van der Waals surface area contributed by atoms with Crippen LogP contribution >= 0.6 is 0 Å². The third kappa shape index (κ3) is 2.62. The first kappa shape index (κ1) is 11.8. The molecule has 0 amide bonds. The number of aryl methyl sites for hydroxylation is 1. The minimum Gasteiger partial charge on any atom is -0.496 e. The number of benzene rings is 1. The van der Waals surface area contributed by atoms with Crippen molar-refractivity contribution < 1.29 is 17.9 Å². The van der Waals surface area contributed by atoms with E-state index in [2.05, 4.69) is 0 Å². The van der Waals surface area contributed by atoms with Crippen LogP contribution in [-0.4, -0.2) is 13.3 Å². The predicted molar refractivity (Wildman–Crippen MR) is 50.7 cm³/mol. The Balaban J connectivity index is 3.06. The van der Waals surface area contributed by atoms with Gasteiger partial charge >= 0.3 is 6.18 Å². The van der Waals surface area contributed by atoms with Gasteiger partial charge in [-0.05, 0) is 24.1 Å². The molecule has 2 N–H and O–H groups in total. The van der Waals surface area contributed by atoms with Gasteiger partial charge in [-0.1, -0.05) is 12.1 Å². The van der Waals surface area contributed by atoms with E-state index < -0.39 is 12.2 Å². The first-order valence-electron chi connectivity index (χ1n) is 4.33. The van der Waals surface area contributed by atoms with Gasteiger partial charge in [-0.2, -0.15) is 13.2 Å². The first-order valence-corrected chi connectivity index (χ1v) is 4.33. The lowest BCUT2D eigenvalue weighted by molar-refractivity contribution is -0.149. The van der Waals surface area contributed by atoms with E-state index in [1.54, 1.807) is 13.0 Å². The zero-order valence-corrected chi connectivity index (χ0v) is 8.43. The number of alkyl halides is 3. The molecule has 0 saturated carbocycles. The molecule has 0 heterocycles. The van der Waals surface area contributed by atoms with Crippen molar-refractivity contribution in [1.29, 1.82) is 0 Å². The molecule has 0 aliphatic carbocycles. The quantitative estimate of drug-likeness (QED) is 0.829. The molecule has 0 aromatic heterocycles. The van der Waals surface area contributed by atoms with Crippen LogP contribution in [0.25, 0.3) is 0 Å². The van der Waals surface area contributed by atoms with Crippen LogP contribution in [0.2, 0.25) is 0 Å². The van der Waals surface area contributed by atoms with E-state index in [-0.39, 0.29) is 5.56 Å². The molecule has 1 aromatic carbocycles. The van der Waals surface area contributed by atoms with Gasteiger partial charge in [0.15, 0.2) is 0 Å². The van der Waals surface area contributed by atoms with E-state index >= 15 is 0 Å². The zero-order chi connectivity index (χ0) is 11.6. The highest BCUT2D eigenvalue weighted by Gasteiger charge is 2.37. The van der Waals surface area contributed by atoms with E-state index in [0.29, 0.717) is 5.75 Å². The maximum Gasteiger partial charge on any atom is 0.407 e. The third-order valence-electron chi connectivity index (χ3n) is 2.14. The van der Waals surface area contributed by atoms with E-state index in [1.807, 2.05) is 0 Å². The predicted octanol–water partition coefficient (Wildman–Crippen LogP) is 2.57. The van der Waals surface area contributed by atoms with Crippen LogP contribution in [0.3, 0.4) is 0 Å². The van der Waals surface area contributed by atoms with Crippen molar-refractivity contribution in [1.82, 2.24) is 0 Å². The Morgan fingerprint density at radius 3 is 2.40 bits per heavy atom. The monoisotopic (exact) mass is 219 g/mol. The van der Waals surface area contributed by atoms with Gasteiger partial charge in [0, 0.05) is 0 Å². The van der Waals surface area contributed by atoms with Crippen molar-refractivity contribution >= 4 is 0 Å². The van der Waals surface area contributed by atoms with Gasteiger partial charge in [0.25, 0.3) is 0 Å². The van der Waals surface area contributed by atoms with Crippen molar-refractivity contribution in [2.24, 2.45) is 5.73 Å². The van der Waals surface area contributed by atoms with Crippen molar-refractivity contribution in [2.45, 2.75) is 19.1 Å². The van der Waals surface area contributed by atoms with Crippen molar-refractivity contribution in [2.75, 3.05) is 7.11 Å². The SMILES string of the molecule is COc1cc([C@@H](N)C(F)(F)F)ccc1C. The van der Waals surface area contributed by atoms with E-state index in [9.17, 15) is 13.2 Å². The minimum atomic E-state index is -4.43. The van der Waals surface area contributed by atoms with Gasteiger partial charge in [-0.3, -0.25) is 0 Å². The Hall–Kier alpha value is -1.23. The van der Waals surface area contributed by atoms with E-state index in [0.717, 1.165) is 5.56 Å². The van der Waals surface area contributed by atoms with Crippen LogP contribution in [0.4, 0.5) is 13.2 Å². The summed E-state index contributed by atoms with van der Waals surface area (Å²) in [5, 5.41) is 0. The van der Waals surface area contributed by atoms with Gasteiger partial charge in [-0.25, -0.2) is 0 Å². The smallest absolute Gasteiger partial charge is 0.407 e. The number of hydrogen-bond donors (Lipinski definition) is 1. The summed E-state index contributed by atoms with van der Waals surface area (Å²) in [5.41, 5.74) is 5.84. The van der Waals surface area contributed by atoms with Crippen LogP contribution in [0.1, 0.15) is 17.2 Å². The van der Waals surface area contributed by atoms with Crippen molar-refractivity contribution in [3.05, 3.63) is 29.3 Å². The largest absolute Gasteiger partial charge is 0.496 e. The number of nitrogens with two attached hydrogens (primary N) is 1. The highest BCUT2D eigenvalue weighted by atomic mass is 19.4. The molecule has 0 fully saturated rings. The molecule has 0 spiro atoms. The topological polar surface area (TPSA) is 35.2 Å². The van der Waals surface area contributed by atoms with Gasteiger partial charge in [0.2, 0.25) is 0 Å². The summed E-state index contributed by atoms with van der Waals surface area (Å²) in [6, 6.07) is 2.26. The number of halogens is 3. The summed E-state index contributed by atoms with van der Waals surface area (Å²) in [6.07, 6.45) is -4.43. The summed E-state index contributed by atoms with van der Waals surface area (Å²) in [6.45, 7) is 1.75. The molecule has 84 valence electrons. The number of methoxy groups -OCH3 is 1. The van der Waals surface area contributed by atoms with Crippen LogP contribution in [-0.2, 0) is 0 Å². The molecule has 0 aliphatic rings. The van der Waals surface area contributed by atoms with E-state index in [4.69, 9.17) is 10.5 Å². The lowest BCUT2D eigenvalue weighted by atomic mass is 10.0. The molecule has 0 saturated heterocycles. The average Bonchev–Trinajstić information content (AvgIpc) is 2.16. The van der Waals surface area contributed by atoms with Crippen molar-refractivity contribution in [3.8, 4) is 5.75 Å². The molecule has 0 radical (unpaired) electrons. The Morgan fingerprint density at radius 1 is 1.33 bits per heavy atom. The summed E-state index contributed by atoms with van der Waals surface area (Å²) in [7, 11) is 1.41. The second-order valence-corrected chi connectivity index (χ2v) is 3.25. The Kier molecular flexibility index (Phi) is 3.24. The van der Waals surface area contributed by atoms with Crippen LogP contribution in [0, 0.1) is 6.92 Å². The normalized spacial score (nSPS) is 13.7. The Bertz CT molecular complexity index is 349. The molecule has 15 heavy (non-hydrogen) atoms. The van der Waals surface area contributed by atoms with Crippen molar-refractivity contribution in [3.63, 3.8) is 0 Å². The summed E-state index contributed by atoms with van der Waals surface area (Å²) in [5.74, 6) is 0.409. The fourth-order valence-corrected chi connectivity index (χ4v) is 1.22. The molecule has 0 aliphatic heterocycles. The molecule has 0 unspecified atom stereocenters. The number of hydrogen-bond acceptors (Lipinski definition) is 2.